The van der Waals surface area contributed by atoms with Crippen LogP contribution in [0.15, 0.2) is 18.2 Å². The highest BCUT2D eigenvalue weighted by Crippen LogP contribution is 2.28. The summed E-state index contributed by atoms with van der Waals surface area (Å²) in [6.07, 6.45) is 0.606. The van der Waals surface area contributed by atoms with Crippen molar-refractivity contribution in [1.29, 1.82) is 5.26 Å². The number of anilines is 1. The van der Waals surface area contributed by atoms with Gasteiger partial charge in [0.2, 0.25) is 0 Å². The van der Waals surface area contributed by atoms with Crippen molar-refractivity contribution in [3.63, 3.8) is 0 Å². The predicted molar refractivity (Wildman–Crippen MR) is 67.7 cm³/mol. The van der Waals surface area contributed by atoms with Gasteiger partial charge in [0, 0.05) is 6.42 Å². The number of hydrogen-bond acceptors (Lipinski definition) is 5. The largest absolute Gasteiger partial charge is 0.486 e. The molecule has 1 aromatic rings. The zero-order chi connectivity index (χ0) is 13.9. The van der Waals surface area contributed by atoms with Gasteiger partial charge in [0.25, 0.3) is 10.2 Å². The van der Waals surface area contributed by atoms with Crippen LogP contribution in [0.25, 0.3) is 0 Å². The number of benzene rings is 1. The summed E-state index contributed by atoms with van der Waals surface area (Å²) >= 11 is 0. The average Bonchev–Trinajstić information content (AvgIpc) is 2.80. The second-order valence-electron chi connectivity index (χ2n) is 4.04. The zero-order valence-corrected chi connectivity index (χ0v) is 10.8. The number of ether oxygens (including phenoxy) is 2. The Kier molecular flexibility index (Phi) is 3.90. The molecule has 0 spiro atoms. The molecule has 2 rings (SSSR count). The highest BCUT2D eigenvalue weighted by molar-refractivity contribution is 7.90. The van der Waals surface area contributed by atoms with Crippen LogP contribution in [0.2, 0.25) is 0 Å². The van der Waals surface area contributed by atoms with Gasteiger partial charge in [-0.1, -0.05) is 6.07 Å². The Labute approximate surface area is 111 Å². The summed E-state index contributed by atoms with van der Waals surface area (Å²) in [7, 11) is -3.94. The molecule has 0 saturated carbocycles. The summed E-state index contributed by atoms with van der Waals surface area (Å²) in [5, 5.41) is 14.0. The smallest absolute Gasteiger partial charge is 0.296 e. The third-order valence-corrected chi connectivity index (χ3v) is 3.08. The number of hydrogen-bond donors (Lipinski definition) is 2. The van der Waals surface area contributed by atoms with Crippen molar-refractivity contribution >= 4 is 15.9 Å². The first kappa shape index (κ1) is 13.6. The Morgan fingerprint density at radius 1 is 1.53 bits per heavy atom. The minimum absolute atomic E-state index is 0.0985. The maximum atomic E-state index is 11.0. The van der Waals surface area contributed by atoms with Gasteiger partial charge in [-0.15, -0.1) is 0 Å². The fraction of sp³-hybridized carbons (Fsp3) is 0.364. The van der Waals surface area contributed by atoms with E-state index in [-0.39, 0.29) is 17.4 Å². The van der Waals surface area contributed by atoms with Crippen LogP contribution in [0.3, 0.4) is 0 Å². The fourth-order valence-electron chi connectivity index (χ4n) is 1.77. The molecule has 1 saturated heterocycles. The molecule has 102 valence electrons. The maximum absolute atomic E-state index is 11.0. The molecule has 0 amide bonds. The fourth-order valence-corrected chi connectivity index (χ4v) is 2.25. The SMILES string of the molecule is N#Cc1c(NS(N)(=O)=O)cccc1OC1CCOC1. The van der Waals surface area contributed by atoms with Gasteiger partial charge < -0.3 is 9.47 Å². The van der Waals surface area contributed by atoms with E-state index in [0.29, 0.717) is 19.0 Å². The molecule has 7 nitrogen and oxygen atoms in total. The lowest BCUT2D eigenvalue weighted by molar-refractivity contribution is 0.141. The van der Waals surface area contributed by atoms with Crippen LogP contribution in [0.4, 0.5) is 5.69 Å². The van der Waals surface area contributed by atoms with Crippen LogP contribution in [0.1, 0.15) is 12.0 Å². The zero-order valence-electron chi connectivity index (χ0n) is 10.00. The number of nitrogens with zero attached hydrogens (tertiary/aromatic N) is 1. The van der Waals surface area contributed by atoms with E-state index in [1.165, 1.54) is 6.07 Å². The summed E-state index contributed by atoms with van der Waals surface area (Å²) in [6, 6.07) is 6.54. The lowest BCUT2D eigenvalue weighted by atomic mass is 10.2. The molecule has 1 aliphatic rings. The van der Waals surface area contributed by atoms with Crippen molar-refractivity contribution in [2.24, 2.45) is 5.14 Å². The van der Waals surface area contributed by atoms with Gasteiger partial charge in [-0.3, -0.25) is 4.72 Å². The summed E-state index contributed by atoms with van der Waals surface area (Å²) in [5.41, 5.74) is 0.199. The van der Waals surface area contributed by atoms with E-state index in [2.05, 4.69) is 4.72 Å². The molecule has 0 aliphatic carbocycles. The molecule has 1 unspecified atom stereocenters. The number of nitrogens with one attached hydrogen (secondary N) is 1. The quantitative estimate of drug-likeness (QED) is 0.827. The van der Waals surface area contributed by atoms with E-state index in [4.69, 9.17) is 19.9 Å². The first-order valence-electron chi connectivity index (χ1n) is 5.57. The van der Waals surface area contributed by atoms with Crippen LogP contribution < -0.4 is 14.6 Å². The number of nitriles is 1. The van der Waals surface area contributed by atoms with Crippen LogP contribution in [0.5, 0.6) is 5.75 Å². The molecule has 0 bridgehead atoms. The van der Waals surface area contributed by atoms with Gasteiger partial charge in [0.05, 0.1) is 18.9 Å². The molecule has 0 aromatic heterocycles. The van der Waals surface area contributed by atoms with Crippen molar-refractivity contribution in [1.82, 2.24) is 0 Å². The monoisotopic (exact) mass is 283 g/mol. The van der Waals surface area contributed by atoms with Crippen LogP contribution in [-0.4, -0.2) is 27.7 Å². The van der Waals surface area contributed by atoms with Gasteiger partial charge >= 0.3 is 0 Å². The highest BCUT2D eigenvalue weighted by atomic mass is 32.2. The Hall–Kier alpha value is -1.82. The predicted octanol–water partition coefficient (Wildman–Crippen LogP) is 0.341. The molecule has 3 N–H and O–H groups in total. The molecule has 8 heteroatoms. The van der Waals surface area contributed by atoms with Gasteiger partial charge in [-0.05, 0) is 12.1 Å². The van der Waals surface area contributed by atoms with Crippen LogP contribution in [0, 0.1) is 11.3 Å². The van der Waals surface area contributed by atoms with E-state index in [1.54, 1.807) is 12.1 Å². The van der Waals surface area contributed by atoms with Crippen molar-refractivity contribution in [3.8, 4) is 11.8 Å². The number of rotatable bonds is 4. The average molecular weight is 283 g/mol. The van der Waals surface area contributed by atoms with E-state index in [0.717, 1.165) is 6.42 Å². The normalized spacial score (nSPS) is 18.8. The van der Waals surface area contributed by atoms with Gasteiger partial charge in [-0.25, -0.2) is 5.14 Å². The minimum Gasteiger partial charge on any atom is -0.486 e. The lowest BCUT2D eigenvalue weighted by Crippen LogP contribution is -2.22. The maximum Gasteiger partial charge on any atom is 0.296 e. The van der Waals surface area contributed by atoms with Crippen molar-refractivity contribution in [3.05, 3.63) is 23.8 Å². The molecule has 1 heterocycles. The van der Waals surface area contributed by atoms with E-state index in [1.807, 2.05) is 6.07 Å². The highest BCUT2D eigenvalue weighted by Gasteiger charge is 2.20. The molecular formula is C11H13N3O4S. The Morgan fingerprint density at radius 2 is 2.32 bits per heavy atom. The summed E-state index contributed by atoms with van der Waals surface area (Å²) in [5.74, 6) is 0.312. The van der Waals surface area contributed by atoms with Crippen LogP contribution >= 0.6 is 0 Å². The van der Waals surface area contributed by atoms with Crippen molar-refractivity contribution in [2.45, 2.75) is 12.5 Å². The summed E-state index contributed by atoms with van der Waals surface area (Å²) in [4.78, 5) is 0. The Balaban J connectivity index is 2.28. The molecule has 1 aliphatic heterocycles. The molecule has 0 radical (unpaired) electrons. The first-order valence-corrected chi connectivity index (χ1v) is 7.12. The molecule has 1 atom stereocenters. The van der Waals surface area contributed by atoms with Crippen molar-refractivity contribution < 1.29 is 17.9 Å². The van der Waals surface area contributed by atoms with Crippen molar-refractivity contribution in [2.75, 3.05) is 17.9 Å². The second kappa shape index (κ2) is 5.44. The van der Waals surface area contributed by atoms with Gasteiger partial charge in [-0.2, -0.15) is 13.7 Å². The third kappa shape index (κ3) is 3.57. The lowest BCUT2D eigenvalue weighted by Gasteiger charge is -2.15. The van der Waals surface area contributed by atoms with Crippen LogP contribution in [-0.2, 0) is 14.9 Å². The van der Waals surface area contributed by atoms with Gasteiger partial charge in [0.1, 0.15) is 23.5 Å². The second-order valence-corrected chi connectivity index (χ2v) is 5.34. The Morgan fingerprint density at radius 3 is 2.89 bits per heavy atom. The van der Waals surface area contributed by atoms with E-state index in [9.17, 15) is 8.42 Å². The first-order chi connectivity index (χ1) is 8.99. The molecule has 1 aromatic carbocycles. The van der Waals surface area contributed by atoms with Gasteiger partial charge in [0.15, 0.2) is 0 Å². The molecule has 19 heavy (non-hydrogen) atoms. The summed E-state index contributed by atoms with van der Waals surface area (Å²) in [6.45, 7) is 1.07. The standard InChI is InChI=1S/C11H13N3O4S/c12-6-9-10(14-19(13,15)16)2-1-3-11(9)18-8-4-5-17-7-8/h1-3,8,14H,4-5,7H2,(H2,13,15,16). The molecule has 1 fully saturated rings. The topological polar surface area (TPSA) is 114 Å². The third-order valence-electron chi connectivity index (χ3n) is 2.57. The minimum atomic E-state index is -3.94. The van der Waals surface area contributed by atoms with E-state index < -0.39 is 10.2 Å². The summed E-state index contributed by atoms with van der Waals surface area (Å²) < 4.78 is 34.9. The molecular weight excluding hydrogens is 270 g/mol. The Bertz CT molecular complexity index is 603. The van der Waals surface area contributed by atoms with E-state index >= 15 is 0 Å². The number of nitrogens with two attached hydrogens (primary N) is 1.